The second-order valence-corrected chi connectivity index (χ2v) is 5.28. The molecule has 0 bridgehead atoms. The Bertz CT molecular complexity index is 195. The maximum absolute atomic E-state index is 9.05. The smallest absolute Gasteiger partial charge is 0.0558 e. The molecule has 0 heterocycles. The minimum absolute atomic E-state index is 0.213. The summed E-state index contributed by atoms with van der Waals surface area (Å²) in [6.45, 7) is 16.6. The predicted octanol–water partition coefficient (Wildman–Crippen LogP) is 1.74. The summed E-state index contributed by atoms with van der Waals surface area (Å²) in [6.07, 6.45) is 1.90. The van der Waals surface area contributed by atoms with E-state index < -0.39 is 0 Å². The first-order valence-electron chi connectivity index (χ1n) is 6.69. The van der Waals surface area contributed by atoms with Gasteiger partial charge in [-0.2, -0.15) is 0 Å². The van der Waals surface area contributed by atoms with E-state index in [1.807, 2.05) is 6.08 Å². The molecule has 0 fully saturated rings. The molecule has 0 rings (SSSR count). The van der Waals surface area contributed by atoms with E-state index in [9.17, 15) is 0 Å². The maximum Gasteiger partial charge on any atom is 0.0558 e. The average molecular weight is 242 g/mol. The minimum atomic E-state index is 0.213. The zero-order valence-corrected chi connectivity index (χ0v) is 11.9. The molecule has 0 aromatic rings. The molecule has 0 amide bonds. The lowest BCUT2D eigenvalue weighted by Crippen LogP contribution is -2.43. The fourth-order valence-corrected chi connectivity index (χ4v) is 1.89. The van der Waals surface area contributed by atoms with Crippen molar-refractivity contribution < 1.29 is 5.11 Å². The third kappa shape index (κ3) is 7.53. The predicted molar refractivity (Wildman–Crippen MR) is 75.2 cm³/mol. The normalized spacial score (nSPS) is 15.2. The van der Waals surface area contributed by atoms with E-state index >= 15 is 0 Å². The fraction of sp³-hybridized carbons (Fsp3) is 0.857. The van der Waals surface area contributed by atoms with Crippen LogP contribution in [0.1, 0.15) is 27.7 Å². The van der Waals surface area contributed by atoms with Gasteiger partial charge in [0.25, 0.3) is 0 Å². The van der Waals surface area contributed by atoms with Crippen LogP contribution in [0.25, 0.3) is 0 Å². The van der Waals surface area contributed by atoms with Crippen molar-refractivity contribution in [3.05, 3.63) is 12.7 Å². The van der Waals surface area contributed by atoms with Crippen LogP contribution < -0.4 is 5.32 Å². The Hall–Kier alpha value is -0.380. The van der Waals surface area contributed by atoms with E-state index in [0.29, 0.717) is 17.9 Å². The molecule has 2 N–H and O–H groups in total. The highest BCUT2D eigenvalue weighted by Gasteiger charge is 2.18. The Balaban J connectivity index is 4.04. The van der Waals surface area contributed by atoms with Crippen molar-refractivity contribution in [1.29, 1.82) is 0 Å². The zero-order chi connectivity index (χ0) is 13.3. The van der Waals surface area contributed by atoms with Crippen molar-refractivity contribution in [2.45, 2.75) is 33.7 Å². The van der Waals surface area contributed by atoms with Gasteiger partial charge in [-0.3, -0.25) is 4.90 Å². The summed E-state index contributed by atoms with van der Waals surface area (Å²) in [4.78, 5) is 2.27. The van der Waals surface area contributed by atoms with E-state index in [1.165, 1.54) is 0 Å². The van der Waals surface area contributed by atoms with Crippen LogP contribution in [0.4, 0.5) is 0 Å². The quantitative estimate of drug-likeness (QED) is 0.573. The molecule has 2 atom stereocenters. The van der Waals surface area contributed by atoms with Crippen LogP contribution in [0.2, 0.25) is 0 Å². The van der Waals surface area contributed by atoms with Gasteiger partial charge in [-0.1, -0.05) is 26.8 Å². The molecule has 102 valence electrons. The highest BCUT2D eigenvalue weighted by Crippen LogP contribution is 2.10. The summed E-state index contributed by atoms with van der Waals surface area (Å²) in [7, 11) is 0. The third-order valence-corrected chi connectivity index (χ3v) is 3.17. The van der Waals surface area contributed by atoms with Crippen LogP contribution in [0.5, 0.6) is 0 Å². The van der Waals surface area contributed by atoms with Crippen LogP contribution in [0, 0.1) is 11.8 Å². The molecule has 3 heteroatoms. The summed E-state index contributed by atoms with van der Waals surface area (Å²) in [5.41, 5.74) is 0. The van der Waals surface area contributed by atoms with Gasteiger partial charge in [0, 0.05) is 19.1 Å². The second kappa shape index (κ2) is 9.63. The molecule has 3 nitrogen and oxygen atoms in total. The molecule has 0 aliphatic rings. The zero-order valence-electron chi connectivity index (χ0n) is 11.9. The minimum Gasteiger partial charge on any atom is -0.395 e. The molecule has 0 radical (unpaired) electrons. The SMILES string of the molecule is C=CCN(CCO)C(C)C(C)CNCC(C)C. The molecular weight excluding hydrogens is 212 g/mol. The molecule has 0 saturated carbocycles. The van der Waals surface area contributed by atoms with Crippen molar-refractivity contribution in [2.75, 3.05) is 32.8 Å². The maximum atomic E-state index is 9.05. The molecule has 0 aromatic heterocycles. The van der Waals surface area contributed by atoms with Crippen molar-refractivity contribution >= 4 is 0 Å². The Morgan fingerprint density at radius 2 is 1.88 bits per heavy atom. The van der Waals surface area contributed by atoms with Gasteiger partial charge in [-0.25, -0.2) is 0 Å². The van der Waals surface area contributed by atoms with Crippen LogP contribution in [0.15, 0.2) is 12.7 Å². The van der Waals surface area contributed by atoms with Gasteiger partial charge in [-0.15, -0.1) is 6.58 Å². The van der Waals surface area contributed by atoms with Gasteiger partial charge < -0.3 is 10.4 Å². The lowest BCUT2D eigenvalue weighted by molar-refractivity contribution is 0.139. The molecule has 2 unspecified atom stereocenters. The molecule has 0 aliphatic carbocycles. The standard InChI is InChI=1S/C14H30N2O/c1-6-7-16(8-9-17)14(5)13(4)11-15-10-12(2)3/h6,12-15,17H,1,7-11H2,2-5H3. The van der Waals surface area contributed by atoms with Gasteiger partial charge >= 0.3 is 0 Å². The summed E-state index contributed by atoms with van der Waals surface area (Å²) in [6, 6.07) is 0.458. The Labute approximate surface area is 107 Å². The van der Waals surface area contributed by atoms with Crippen LogP contribution in [-0.4, -0.2) is 48.8 Å². The van der Waals surface area contributed by atoms with Gasteiger partial charge in [0.1, 0.15) is 0 Å². The van der Waals surface area contributed by atoms with Crippen molar-refractivity contribution in [3.8, 4) is 0 Å². The summed E-state index contributed by atoms with van der Waals surface area (Å²) in [5.74, 6) is 1.26. The Kier molecular flexibility index (Phi) is 9.41. The number of aliphatic hydroxyl groups excluding tert-OH is 1. The largest absolute Gasteiger partial charge is 0.395 e. The number of hydrogen-bond acceptors (Lipinski definition) is 3. The first kappa shape index (κ1) is 16.6. The Morgan fingerprint density at radius 3 is 2.35 bits per heavy atom. The number of hydrogen-bond donors (Lipinski definition) is 2. The van der Waals surface area contributed by atoms with Gasteiger partial charge in [0.15, 0.2) is 0 Å². The van der Waals surface area contributed by atoms with Crippen molar-refractivity contribution in [1.82, 2.24) is 10.2 Å². The topological polar surface area (TPSA) is 35.5 Å². The first-order valence-corrected chi connectivity index (χ1v) is 6.69. The molecule has 17 heavy (non-hydrogen) atoms. The molecule has 0 saturated heterocycles. The van der Waals surface area contributed by atoms with E-state index in [4.69, 9.17) is 5.11 Å². The highest BCUT2D eigenvalue weighted by molar-refractivity contribution is 4.80. The fourth-order valence-electron chi connectivity index (χ4n) is 1.89. The van der Waals surface area contributed by atoms with Crippen LogP contribution >= 0.6 is 0 Å². The van der Waals surface area contributed by atoms with Gasteiger partial charge in [0.2, 0.25) is 0 Å². The van der Waals surface area contributed by atoms with Crippen LogP contribution in [-0.2, 0) is 0 Å². The molecular formula is C14H30N2O. The highest BCUT2D eigenvalue weighted by atomic mass is 16.3. The third-order valence-electron chi connectivity index (χ3n) is 3.17. The molecule has 0 spiro atoms. The summed E-state index contributed by atoms with van der Waals surface area (Å²) in [5, 5.41) is 12.5. The second-order valence-electron chi connectivity index (χ2n) is 5.28. The van der Waals surface area contributed by atoms with Crippen molar-refractivity contribution in [3.63, 3.8) is 0 Å². The summed E-state index contributed by atoms with van der Waals surface area (Å²) >= 11 is 0. The van der Waals surface area contributed by atoms with E-state index in [-0.39, 0.29) is 6.61 Å². The van der Waals surface area contributed by atoms with Gasteiger partial charge in [0.05, 0.1) is 6.61 Å². The lowest BCUT2D eigenvalue weighted by Gasteiger charge is -2.32. The number of aliphatic hydroxyl groups is 1. The lowest BCUT2D eigenvalue weighted by atomic mass is 10.0. The number of nitrogens with one attached hydrogen (secondary N) is 1. The van der Waals surface area contributed by atoms with E-state index in [2.05, 4.69) is 44.5 Å². The van der Waals surface area contributed by atoms with Crippen molar-refractivity contribution in [2.24, 2.45) is 11.8 Å². The molecule has 0 aromatic carbocycles. The van der Waals surface area contributed by atoms with Crippen LogP contribution in [0.3, 0.4) is 0 Å². The molecule has 0 aliphatic heterocycles. The monoisotopic (exact) mass is 242 g/mol. The Morgan fingerprint density at radius 1 is 1.24 bits per heavy atom. The number of nitrogens with zero attached hydrogens (tertiary/aromatic N) is 1. The van der Waals surface area contributed by atoms with Gasteiger partial charge in [-0.05, 0) is 31.8 Å². The number of rotatable bonds is 10. The average Bonchev–Trinajstić information content (AvgIpc) is 2.27. The van der Waals surface area contributed by atoms with E-state index in [0.717, 1.165) is 26.2 Å². The van der Waals surface area contributed by atoms with E-state index in [1.54, 1.807) is 0 Å². The summed E-state index contributed by atoms with van der Waals surface area (Å²) < 4.78 is 0. The first-order chi connectivity index (χ1) is 8.02.